The van der Waals surface area contributed by atoms with Crippen molar-refractivity contribution in [3.05, 3.63) is 0 Å². The lowest BCUT2D eigenvalue weighted by Crippen LogP contribution is -2.57. The maximum atomic E-state index is 5.91. The highest BCUT2D eigenvalue weighted by molar-refractivity contribution is 4.94. The number of hydrogen-bond acceptors (Lipinski definition) is 3. The maximum Gasteiger partial charge on any atom is 0.0600 e. The van der Waals surface area contributed by atoms with E-state index in [1.165, 1.54) is 38.8 Å². The van der Waals surface area contributed by atoms with Gasteiger partial charge in [-0.25, -0.2) is 0 Å². The van der Waals surface area contributed by atoms with Crippen LogP contribution in [0.15, 0.2) is 0 Å². The first kappa shape index (κ1) is 15.3. The molecule has 2 rings (SSSR count). The highest BCUT2D eigenvalue weighted by atomic mass is 16.5. The molecule has 2 unspecified atom stereocenters. The van der Waals surface area contributed by atoms with Crippen LogP contribution in [-0.2, 0) is 4.74 Å². The summed E-state index contributed by atoms with van der Waals surface area (Å²) < 4.78 is 5.91. The minimum Gasteiger partial charge on any atom is -0.375 e. The van der Waals surface area contributed by atoms with Gasteiger partial charge in [0.1, 0.15) is 0 Å². The fourth-order valence-corrected chi connectivity index (χ4v) is 3.06. The van der Waals surface area contributed by atoms with Gasteiger partial charge in [-0.1, -0.05) is 13.3 Å². The molecular weight excluding hydrogens is 236 g/mol. The van der Waals surface area contributed by atoms with Crippen molar-refractivity contribution < 1.29 is 4.74 Å². The molecule has 0 spiro atoms. The molecule has 0 bridgehead atoms. The molecular formula is C16H32N2O. The van der Waals surface area contributed by atoms with Crippen molar-refractivity contribution in [3.63, 3.8) is 0 Å². The maximum absolute atomic E-state index is 5.91. The Labute approximate surface area is 119 Å². The lowest BCUT2D eigenvalue weighted by atomic mass is 10.0. The number of hydrogen-bond donors (Lipinski definition) is 1. The standard InChI is InChI=1S/C16H32N2O/c1-5-6-14-11-17-15(13-7-8-13)12-18(14)9-10-19-16(2,3)4/h13-15,17H,5-12H2,1-4H3. The smallest absolute Gasteiger partial charge is 0.0600 e. The zero-order valence-corrected chi connectivity index (χ0v) is 13.2. The average Bonchev–Trinajstić information content (AvgIpc) is 3.13. The Morgan fingerprint density at radius 1 is 1.26 bits per heavy atom. The fourth-order valence-electron chi connectivity index (χ4n) is 3.06. The molecule has 2 atom stereocenters. The Bertz CT molecular complexity index is 270. The molecule has 19 heavy (non-hydrogen) atoms. The zero-order chi connectivity index (χ0) is 13.9. The third-order valence-corrected chi connectivity index (χ3v) is 4.29. The second-order valence-corrected chi connectivity index (χ2v) is 7.25. The van der Waals surface area contributed by atoms with Gasteiger partial charge in [0, 0.05) is 31.7 Å². The second kappa shape index (κ2) is 6.55. The molecule has 3 heteroatoms. The molecule has 0 aromatic heterocycles. The van der Waals surface area contributed by atoms with Gasteiger partial charge in [-0.05, 0) is 46.0 Å². The van der Waals surface area contributed by atoms with Crippen LogP contribution in [0.1, 0.15) is 53.4 Å². The van der Waals surface area contributed by atoms with Crippen molar-refractivity contribution in [1.82, 2.24) is 10.2 Å². The largest absolute Gasteiger partial charge is 0.375 e. The van der Waals surface area contributed by atoms with E-state index < -0.39 is 0 Å². The highest BCUT2D eigenvalue weighted by Gasteiger charge is 2.36. The number of ether oxygens (including phenoxy) is 1. The van der Waals surface area contributed by atoms with Crippen LogP contribution in [0.5, 0.6) is 0 Å². The van der Waals surface area contributed by atoms with E-state index in [0.29, 0.717) is 6.04 Å². The number of rotatable bonds is 6. The van der Waals surface area contributed by atoms with E-state index >= 15 is 0 Å². The zero-order valence-electron chi connectivity index (χ0n) is 13.2. The first-order chi connectivity index (χ1) is 8.99. The van der Waals surface area contributed by atoms with Gasteiger partial charge in [-0.2, -0.15) is 0 Å². The summed E-state index contributed by atoms with van der Waals surface area (Å²) in [5, 5.41) is 3.77. The van der Waals surface area contributed by atoms with E-state index in [2.05, 4.69) is 37.9 Å². The van der Waals surface area contributed by atoms with E-state index in [9.17, 15) is 0 Å². The van der Waals surface area contributed by atoms with Crippen LogP contribution in [0.2, 0.25) is 0 Å². The summed E-state index contributed by atoms with van der Waals surface area (Å²) in [6.45, 7) is 13.1. The summed E-state index contributed by atoms with van der Waals surface area (Å²) in [5.41, 5.74) is -0.00974. The summed E-state index contributed by atoms with van der Waals surface area (Å²) in [6.07, 6.45) is 5.45. The first-order valence-electron chi connectivity index (χ1n) is 8.11. The van der Waals surface area contributed by atoms with Crippen LogP contribution in [0.4, 0.5) is 0 Å². The van der Waals surface area contributed by atoms with Crippen molar-refractivity contribution in [2.24, 2.45) is 5.92 Å². The Balaban J connectivity index is 1.80. The molecule has 3 nitrogen and oxygen atoms in total. The van der Waals surface area contributed by atoms with Crippen LogP contribution in [0, 0.1) is 5.92 Å². The lowest BCUT2D eigenvalue weighted by molar-refractivity contribution is -0.0234. The predicted molar refractivity (Wildman–Crippen MR) is 80.5 cm³/mol. The van der Waals surface area contributed by atoms with Crippen molar-refractivity contribution in [3.8, 4) is 0 Å². The van der Waals surface area contributed by atoms with Crippen molar-refractivity contribution in [1.29, 1.82) is 0 Å². The van der Waals surface area contributed by atoms with Crippen LogP contribution in [0.25, 0.3) is 0 Å². The number of nitrogens with one attached hydrogen (secondary N) is 1. The van der Waals surface area contributed by atoms with Gasteiger partial charge in [0.15, 0.2) is 0 Å². The summed E-state index contributed by atoms with van der Waals surface area (Å²) in [6, 6.07) is 1.45. The van der Waals surface area contributed by atoms with Crippen LogP contribution in [-0.4, -0.2) is 48.8 Å². The Hall–Kier alpha value is -0.120. The lowest BCUT2D eigenvalue weighted by Gasteiger charge is -2.41. The second-order valence-electron chi connectivity index (χ2n) is 7.25. The van der Waals surface area contributed by atoms with Crippen molar-refractivity contribution in [2.45, 2.75) is 71.1 Å². The Morgan fingerprint density at radius 3 is 2.58 bits per heavy atom. The SMILES string of the molecule is CCCC1CNC(C2CC2)CN1CCOC(C)(C)C. The molecule has 1 aliphatic carbocycles. The van der Waals surface area contributed by atoms with E-state index in [-0.39, 0.29) is 5.60 Å². The number of nitrogens with zero attached hydrogens (tertiary/aromatic N) is 1. The van der Waals surface area contributed by atoms with Gasteiger partial charge in [0.25, 0.3) is 0 Å². The van der Waals surface area contributed by atoms with Gasteiger partial charge in [0.05, 0.1) is 12.2 Å². The molecule has 1 N–H and O–H groups in total. The monoisotopic (exact) mass is 268 g/mol. The van der Waals surface area contributed by atoms with E-state index in [1.807, 2.05) is 0 Å². The van der Waals surface area contributed by atoms with E-state index in [0.717, 1.165) is 25.1 Å². The molecule has 1 saturated heterocycles. The molecule has 0 aromatic rings. The predicted octanol–water partition coefficient (Wildman–Crippen LogP) is 2.65. The first-order valence-corrected chi connectivity index (χ1v) is 8.11. The average molecular weight is 268 g/mol. The minimum atomic E-state index is -0.00974. The molecule has 0 amide bonds. The molecule has 2 aliphatic rings. The van der Waals surface area contributed by atoms with Crippen molar-refractivity contribution >= 4 is 0 Å². The molecule has 112 valence electrons. The van der Waals surface area contributed by atoms with Gasteiger partial charge in [-0.3, -0.25) is 4.90 Å². The summed E-state index contributed by atoms with van der Waals surface area (Å²) in [5.74, 6) is 0.952. The summed E-state index contributed by atoms with van der Waals surface area (Å²) in [4.78, 5) is 2.68. The van der Waals surface area contributed by atoms with E-state index in [4.69, 9.17) is 4.74 Å². The molecule has 1 aliphatic heterocycles. The van der Waals surface area contributed by atoms with Gasteiger partial charge in [0.2, 0.25) is 0 Å². The topological polar surface area (TPSA) is 24.5 Å². The highest BCUT2D eigenvalue weighted by Crippen LogP contribution is 2.34. The van der Waals surface area contributed by atoms with Crippen LogP contribution >= 0.6 is 0 Å². The third kappa shape index (κ3) is 5.05. The quantitative estimate of drug-likeness (QED) is 0.801. The fraction of sp³-hybridized carbons (Fsp3) is 1.00. The van der Waals surface area contributed by atoms with Crippen LogP contribution < -0.4 is 5.32 Å². The van der Waals surface area contributed by atoms with E-state index in [1.54, 1.807) is 0 Å². The normalized spacial score (nSPS) is 29.7. The molecule has 1 heterocycles. The van der Waals surface area contributed by atoms with Gasteiger partial charge < -0.3 is 10.1 Å². The summed E-state index contributed by atoms with van der Waals surface area (Å²) >= 11 is 0. The third-order valence-electron chi connectivity index (χ3n) is 4.29. The molecule has 2 fully saturated rings. The molecule has 0 aromatic carbocycles. The summed E-state index contributed by atoms with van der Waals surface area (Å²) in [7, 11) is 0. The Kier molecular flexibility index (Phi) is 5.27. The molecule has 0 radical (unpaired) electrons. The number of piperazine rings is 1. The van der Waals surface area contributed by atoms with Crippen LogP contribution in [0.3, 0.4) is 0 Å². The van der Waals surface area contributed by atoms with Gasteiger partial charge >= 0.3 is 0 Å². The minimum absolute atomic E-state index is 0.00974. The van der Waals surface area contributed by atoms with Gasteiger partial charge in [-0.15, -0.1) is 0 Å². The molecule has 1 saturated carbocycles. The van der Waals surface area contributed by atoms with Crippen molar-refractivity contribution in [2.75, 3.05) is 26.2 Å². The Morgan fingerprint density at radius 2 is 2.00 bits per heavy atom.